The Hall–Kier alpha value is -1.19. The maximum absolute atomic E-state index is 9.86. The van der Waals surface area contributed by atoms with Gasteiger partial charge in [-0.05, 0) is 42.9 Å². The average Bonchev–Trinajstić information content (AvgIpc) is 2.92. The summed E-state index contributed by atoms with van der Waals surface area (Å²) in [6.07, 6.45) is 1.28. The van der Waals surface area contributed by atoms with E-state index in [1.54, 1.807) is 6.07 Å². The van der Waals surface area contributed by atoms with Crippen molar-refractivity contribution in [2.75, 3.05) is 18.8 Å². The average molecular weight is 259 g/mol. The first-order valence-electron chi connectivity index (χ1n) is 6.39. The molecule has 0 radical (unpaired) electrons. The number of rotatable bonds is 3. The van der Waals surface area contributed by atoms with Crippen molar-refractivity contribution in [2.24, 2.45) is 5.92 Å². The molecule has 1 fully saturated rings. The van der Waals surface area contributed by atoms with Crippen LogP contribution in [0.25, 0.3) is 10.8 Å². The van der Waals surface area contributed by atoms with Gasteiger partial charge in [-0.2, -0.15) is 0 Å². The van der Waals surface area contributed by atoms with Gasteiger partial charge in [-0.3, -0.25) is 0 Å². The molecule has 3 rings (SSSR count). The summed E-state index contributed by atoms with van der Waals surface area (Å²) in [5.41, 5.74) is 0. The van der Waals surface area contributed by atoms with Gasteiger partial charge >= 0.3 is 0 Å². The molecule has 2 aromatic carbocycles. The zero-order valence-corrected chi connectivity index (χ0v) is 11.0. The Bertz CT molecular complexity index is 549. The molecule has 2 N–H and O–H groups in total. The summed E-state index contributed by atoms with van der Waals surface area (Å²) >= 11 is 1.90. The molecule has 2 nitrogen and oxygen atoms in total. The smallest absolute Gasteiger partial charge is 0.123 e. The van der Waals surface area contributed by atoms with E-state index in [2.05, 4.69) is 11.4 Å². The third kappa shape index (κ3) is 2.33. The maximum Gasteiger partial charge on any atom is 0.123 e. The van der Waals surface area contributed by atoms with Crippen molar-refractivity contribution in [3.8, 4) is 5.75 Å². The van der Waals surface area contributed by atoms with Crippen molar-refractivity contribution in [2.45, 2.75) is 11.3 Å². The van der Waals surface area contributed by atoms with Crippen molar-refractivity contribution in [3.05, 3.63) is 36.4 Å². The first kappa shape index (κ1) is 11.9. The van der Waals surface area contributed by atoms with Gasteiger partial charge in [-0.25, -0.2) is 0 Å². The quantitative estimate of drug-likeness (QED) is 0.830. The Kier molecular flexibility index (Phi) is 3.43. The molecule has 3 heteroatoms. The molecular weight excluding hydrogens is 242 g/mol. The van der Waals surface area contributed by atoms with E-state index >= 15 is 0 Å². The third-order valence-corrected chi connectivity index (χ3v) is 4.80. The van der Waals surface area contributed by atoms with Crippen LogP contribution in [0, 0.1) is 5.92 Å². The highest BCUT2D eigenvalue weighted by molar-refractivity contribution is 7.99. The second-order valence-corrected chi connectivity index (χ2v) is 5.86. The first-order chi connectivity index (χ1) is 8.84. The topological polar surface area (TPSA) is 32.3 Å². The predicted octanol–water partition coefficient (Wildman–Crippen LogP) is 3.25. The summed E-state index contributed by atoms with van der Waals surface area (Å²) in [6, 6.07) is 11.9. The number of phenolic OH excluding ortho intramolecular Hbond substituents is 1. The highest BCUT2D eigenvalue weighted by Gasteiger charge is 2.15. The lowest BCUT2D eigenvalue weighted by Crippen LogP contribution is -2.10. The second kappa shape index (κ2) is 5.21. The fourth-order valence-corrected chi connectivity index (χ4v) is 3.64. The number of aromatic hydroxyl groups is 1. The number of thioether (sulfide) groups is 1. The van der Waals surface area contributed by atoms with E-state index in [1.807, 2.05) is 36.0 Å². The van der Waals surface area contributed by atoms with E-state index in [9.17, 15) is 5.11 Å². The number of nitrogens with one attached hydrogen (secondary N) is 1. The van der Waals surface area contributed by atoms with Crippen LogP contribution in [0.15, 0.2) is 41.3 Å². The molecule has 2 aromatic rings. The van der Waals surface area contributed by atoms with Gasteiger partial charge in [0, 0.05) is 16.0 Å². The van der Waals surface area contributed by atoms with Gasteiger partial charge in [-0.15, -0.1) is 11.8 Å². The molecular formula is C15H17NOS. The van der Waals surface area contributed by atoms with E-state index in [-0.39, 0.29) is 0 Å². The Morgan fingerprint density at radius 3 is 2.78 bits per heavy atom. The minimum Gasteiger partial charge on any atom is -0.507 e. The minimum atomic E-state index is 0.373. The summed E-state index contributed by atoms with van der Waals surface area (Å²) in [6.45, 7) is 2.30. The molecule has 1 aliphatic heterocycles. The summed E-state index contributed by atoms with van der Waals surface area (Å²) in [7, 11) is 0. The lowest BCUT2D eigenvalue weighted by Gasteiger charge is -2.10. The summed E-state index contributed by atoms with van der Waals surface area (Å²) < 4.78 is 0. The van der Waals surface area contributed by atoms with E-state index in [1.165, 1.54) is 11.3 Å². The van der Waals surface area contributed by atoms with Gasteiger partial charge in [0.25, 0.3) is 0 Å². The molecule has 94 valence electrons. The van der Waals surface area contributed by atoms with Crippen LogP contribution in [0.4, 0.5) is 0 Å². The third-order valence-electron chi connectivity index (χ3n) is 3.50. The molecule has 1 aliphatic rings. The second-order valence-electron chi connectivity index (χ2n) is 4.80. The molecule has 0 saturated carbocycles. The predicted molar refractivity (Wildman–Crippen MR) is 77.3 cm³/mol. The number of hydrogen-bond donors (Lipinski definition) is 2. The maximum atomic E-state index is 9.86. The van der Waals surface area contributed by atoms with Crippen LogP contribution in [0.2, 0.25) is 0 Å². The van der Waals surface area contributed by atoms with Gasteiger partial charge < -0.3 is 10.4 Å². The molecule has 1 atom stereocenters. The van der Waals surface area contributed by atoms with Crippen LogP contribution in [0.3, 0.4) is 0 Å². The number of hydrogen-bond acceptors (Lipinski definition) is 3. The molecule has 1 unspecified atom stereocenters. The molecule has 1 saturated heterocycles. The van der Waals surface area contributed by atoms with Crippen LogP contribution >= 0.6 is 11.8 Å². The van der Waals surface area contributed by atoms with E-state index in [4.69, 9.17) is 0 Å². The highest BCUT2D eigenvalue weighted by Crippen LogP contribution is 2.34. The van der Waals surface area contributed by atoms with Gasteiger partial charge in [0.15, 0.2) is 0 Å². The van der Waals surface area contributed by atoms with Crippen molar-refractivity contribution in [1.82, 2.24) is 5.32 Å². The molecule has 18 heavy (non-hydrogen) atoms. The van der Waals surface area contributed by atoms with Crippen LogP contribution in [0.1, 0.15) is 6.42 Å². The molecule has 0 aromatic heterocycles. The Balaban J connectivity index is 1.85. The van der Waals surface area contributed by atoms with E-state index < -0.39 is 0 Å². The molecule has 0 aliphatic carbocycles. The Morgan fingerprint density at radius 2 is 2.00 bits per heavy atom. The lowest BCUT2D eigenvalue weighted by molar-refractivity contribution is 0.481. The van der Waals surface area contributed by atoms with Crippen LogP contribution in [0.5, 0.6) is 5.75 Å². The number of fused-ring (bicyclic) bond motifs is 1. The number of benzene rings is 2. The van der Waals surface area contributed by atoms with Crippen molar-refractivity contribution in [1.29, 1.82) is 0 Å². The zero-order chi connectivity index (χ0) is 12.4. The van der Waals surface area contributed by atoms with Gasteiger partial charge in [0.05, 0.1) is 0 Å². The SMILES string of the molecule is Oc1ccc(SCC2CCNC2)c2ccccc12. The largest absolute Gasteiger partial charge is 0.507 e. The zero-order valence-electron chi connectivity index (χ0n) is 10.2. The highest BCUT2D eigenvalue weighted by atomic mass is 32.2. The summed E-state index contributed by atoms with van der Waals surface area (Å²) in [5, 5.41) is 15.4. The summed E-state index contributed by atoms with van der Waals surface area (Å²) in [5.74, 6) is 2.31. The van der Waals surface area contributed by atoms with Crippen LogP contribution < -0.4 is 5.32 Å². The van der Waals surface area contributed by atoms with Crippen LogP contribution in [-0.2, 0) is 0 Å². The molecule has 0 spiro atoms. The Morgan fingerprint density at radius 1 is 1.17 bits per heavy atom. The molecule has 0 bridgehead atoms. The standard InChI is InChI=1S/C15H17NOS/c17-14-5-6-15(13-4-2-1-3-12(13)14)18-10-11-7-8-16-9-11/h1-6,11,16-17H,7-10H2. The minimum absolute atomic E-state index is 0.373. The van der Waals surface area contributed by atoms with Gasteiger partial charge in [0.1, 0.15) is 5.75 Å². The first-order valence-corrected chi connectivity index (χ1v) is 7.37. The van der Waals surface area contributed by atoms with Gasteiger partial charge in [-0.1, -0.05) is 24.3 Å². The monoisotopic (exact) mass is 259 g/mol. The van der Waals surface area contributed by atoms with Crippen molar-refractivity contribution < 1.29 is 5.11 Å². The number of phenols is 1. The van der Waals surface area contributed by atoms with Crippen LogP contribution in [-0.4, -0.2) is 23.9 Å². The molecule has 0 amide bonds. The van der Waals surface area contributed by atoms with E-state index in [0.29, 0.717) is 5.75 Å². The fourth-order valence-electron chi connectivity index (χ4n) is 2.45. The fraction of sp³-hybridized carbons (Fsp3) is 0.333. The molecule has 1 heterocycles. The normalized spacial score (nSPS) is 19.4. The lowest BCUT2D eigenvalue weighted by atomic mass is 10.1. The van der Waals surface area contributed by atoms with Crippen molar-refractivity contribution in [3.63, 3.8) is 0 Å². The summed E-state index contributed by atoms with van der Waals surface area (Å²) in [4.78, 5) is 1.27. The van der Waals surface area contributed by atoms with Crippen molar-refractivity contribution >= 4 is 22.5 Å². The Labute approximate surface area is 111 Å². The van der Waals surface area contributed by atoms with E-state index in [0.717, 1.165) is 35.5 Å². The van der Waals surface area contributed by atoms with Gasteiger partial charge in [0.2, 0.25) is 0 Å².